The molecule has 2 aromatic heterocycles. The van der Waals surface area contributed by atoms with Crippen LogP contribution < -0.4 is 21.1 Å². The van der Waals surface area contributed by atoms with Crippen LogP contribution in [0.15, 0.2) is 46.6 Å². The van der Waals surface area contributed by atoms with Crippen molar-refractivity contribution >= 4 is 23.1 Å². The van der Waals surface area contributed by atoms with Crippen molar-refractivity contribution in [3.05, 3.63) is 52.3 Å². The van der Waals surface area contributed by atoms with E-state index in [0.717, 1.165) is 10.6 Å². The third-order valence-corrected chi connectivity index (χ3v) is 4.68. The Kier molecular flexibility index (Phi) is 5.92. The van der Waals surface area contributed by atoms with Crippen molar-refractivity contribution in [2.24, 2.45) is 7.05 Å². The number of urea groups is 1. The van der Waals surface area contributed by atoms with Crippen LogP contribution in [0, 0.1) is 0 Å². The third kappa shape index (κ3) is 4.56. The first kappa shape index (κ1) is 18.7. The Morgan fingerprint density at radius 2 is 2.04 bits per heavy atom. The molecule has 0 spiro atoms. The van der Waals surface area contributed by atoms with Gasteiger partial charge in [0.05, 0.1) is 18.0 Å². The quantitative estimate of drug-likeness (QED) is 0.652. The van der Waals surface area contributed by atoms with Crippen LogP contribution in [-0.4, -0.2) is 33.5 Å². The van der Waals surface area contributed by atoms with Crippen LogP contribution in [0.25, 0.3) is 10.7 Å². The average molecular weight is 387 g/mol. The summed E-state index contributed by atoms with van der Waals surface area (Å²) in [6, 6.07) is 10.6. The fourth-order valence-corrected chi connectivity index (χ4v) is 3.25. The lowest BCUT2D eigenvalue weighted by atomic mass is 10.3. The van der Waals surface area contributed by atoms with E-state index < -0.39 is 0 Å². The van der Waals surface area contributed by atoms with Crippen LogP contribution in [0.4, 0.5) is 10.5 Å². The number of rotatable bonds is 7. The number of hydrogen-bond donors (Lipinski definition) is 2. The van der Waals surface area contributed by atoms with Gasteiger partial charge in [0, 0.05) is 19.3 Å². The molecule has 3 rings (SSSR count). The highest BCUT2D eigenvalue weighted by Gasteiger charge is 2.12. The van der Waals surface area contributed by atoms with E-state index in [9.17, 15) is 9.59 Å². The number of thiophene rings is 1. The smallest absolute Gasteiger partial charge is 0.346 e. The number of amides is 2. The molecule has 2 N–H and O–H groups in total. The molecule has 0 bridgehead atoms. The van der Waals surface area contributed by atoms with Crippen molar-refractivity contribution in [3.8, 4) is 16.5 Å². The molecule has 2 amide bonds. The number of carbonyl (C=O) groups is 1. The molecule has 0 fully saturated rings. The van der Waals surface area contributed by atoms with Crippen LogP contribution in [0.5, 0.6) is 5.75 Å². The maximum absolute atomic E-state index is 12.3. The molecule has 142 valence electrons. The minimum absolute atomic E-state index is 0.216. The number of ether oxygens (including phenoxy) is 1. The zero-order valence-electron chi connectivity index (χ0n) is 15.1. The number of anilines is 1. The number of nitrogens with one attached hydrogen (secondary N) is 2. The monoisotopic (exact) mass is 387 g/mol. The second-order valence-corrected chi connectivity index (χ2v) is 6.65. The van der Waals surface area contributed by atoms with Crippen LogP contribution in [0.2, 0.25) is 0 Å². The van der Waals surface area contributed by atoms with Crippen LogP contribution in [0.3, 0.4) is 0 Å². The summed E-state index contributed by atoms with van der Waals surface area (Å²) in [7, 11) is 1.69. The standard InChI is InChI=1S/C18H21N5O3S/c1-3-26-14-8-6-13(7-9-14)20-17(24)19-10-11-23-18(25)22(2)16(21-23)15-5-4-12-27-15/h4-9,12H,3,10-11H2,1-2H3,(H2,19,20,24). The first-order chi connectivity index (χ1) is 13.1. The molecule has 3 aromatic rings. The summed E-state index contributed by atoms with van der Waals surface area (Å²) < 4.78 is 8.22. The summed E-state index contributed by atoms with van der Waals surface area (Å²) >= 11 is 1.52. The van der Waals surface area contributed by atoms with Gasteiger partial charge >= 0.3 is 11.7 Å². The van der Waals surface area contributed by atoms with Gasteiger partial charge in [-0.2, -0.15) is 0 Å². The molecule has 0 saturated carbocycles. The predicted octanol–water partition coefficient (Wildman–Crippen LogP) is 2.53. The Morgan fingerprint density at radius 1 is 1.26 bits per heavy atom. The van der Waals surface area contributed by atoms with E-state index in [-0.39, 0.29) is 24.8 Å². The molecular weight excluding hydrogens is 366 g/mol. The van der Waals surface area contributed by atoms with E-state index in [1.165, 1.54) is 20.6 Å². The lowest BCUT2D eigenvalue weighted by Crippen LogP contribution is -2.34. The van der Waals surface area contributed by atoms with Crippen molar-refractivity contribution < 1.29 is 9.53 Å². The Labute approximate surface area is 160 Å². The van der Waals surface area contributed by atoms with Gasteiger partial charge in [-0.05, 0) is 42.6 Å². The number of hydrogen-bond acceptors (Lipinski definition) is 5. The molecule has 9 heteroatoms. The van der Waals surface area contributed by atoms with Gasteiger partial charge in [0.25, 0.3) is 0 Å². The summed E-state index contributed by atoms with van der Waals surface area (Å²) in [5, 5.41) is 11.7. The lowest BCUT2D eigenvalue weighted by Gasteiger charge is -2.08. The lowest BCUT2D eigenvalue weighted by molar-refractivity contribution is 0.251. The Hall–Kier alpha value is -3.07. The first-order valence-corrected chi connectivity index (χ1v) is 9.42. The SMILES string of the molecule is CCOc1ccc(NC(=O)NCCn2nc(-c3cccs3)n(C)c2=O)cc1. The van der Waals surface area contributed by atoms with E-state index in [2.05, 4.69) is 15.7 Å². The number of carbonyl (C=O) groups excluding carboxylic acids is 1. The zero-order valence-corrected chi connectivity index (χ0v) is 16.0. The molecular formula is C18H21N5O3S. The fraction of sp³-hybridized carbons (Fsp3) is 0.278. The normalized spacial score (nSPS) is 10.6. The minimum atomic E-state index is -0.346. The molecule has 0 unspecified atom stereocenters. The van der Waals surface area contributed by atoms with Crippen LogP contribution >= 0.6 is 11.3 Å². The van der Waals surface area contributed by atoms with Crippen LogP contribution in [-0.2, 0) is 13.6 Å². The Morgan fingerprint density at radius 3 is 2.70 bits per heavy atom. The van der Waals surface area contributed by atoms with Crippen molar-refractivity contribution in [3.63, 3.8) is 0 Å². The summed E-state index contributed by atoms with van der Waals surface area (Å²) in [6.07, 6.45) is 0. The number of benzene rings is 1. The second-order valence-electron chi connectivity index (χ2n) is 5.70. The number of nitrogens with zero attached hydrogens (tertiary/aromatic N) is 3. The maximum Gasteiger partial charge on any atom is 0.346 e. The molecule has 0 aliphatic heterocycles. The highest BCUT2D eigenvalue weighted by Crippen LogP contribution is 2.20. The van der Waals surface area contributed by atoms with Gasteiger partial charge in [0.1, 0.15) is 5.75 Å². The third-order valence-electron chi connectivity index (χ3n) is 3.81. The average Bonchev–Trinajstić information content (AvgIpc) is 3.28. The van der Waals surface area contributed by atoms with E-state index >= 15 is 0 Å². The molecule has 2 heterocycles. The first-order valence-electron chi connectivity index (χ1n) is 8.54. The minimum Gasteiger partial charge on any atom is -0.494 e. The molecule has 0 aliphatic rings. The van der Waals surface area contributed by atoms with Crippen molar-refractivity contribution in [2.75, 3.05) is 18.5 Å². The summed E-state index contributed by atoms with van der Waals surface area (Å²) in [4.78, 5) is 25.2. The van der Waals surface area contributed by atoms with Crippen molar-refractivity contribution in [1.29, 1.82) is 0 Å². The number of aromatic nitrogens is 3. The zero-order chi connectivity index (χ0) is 19.2. The Balaban J connectivity index is 1.53. The topological polar surface area (TPSA) is 90.2 Å². The van der Waals surface area contributed by atoms with Gasteiger partial charge in [0.2, 0.25) is 0 Å². The van der Waals surface area contributed by atoms with Gasteiger partial charge in [-0.25, -0.2) is 14.3 Å². The molecule has 0 radical (unpaired) electrons. The molecule has 1 aromatic carbocycles. The van der Waals surface area contributed by atoms with Crippen molar-refractivity contribution in [2.45, 2.75) is 13.5 Å². The largest absolute Gasteiger partial charge is 0.494 e. The highest BCUT2D eigenvalue weighted by atomic mass is 32.1. The second kappa shape index (κ2) is 8.54. The summed E-state index contributed by atoms with van der Waals surface area (Å²) in [6.45, 7) is 3.07. The Bertz CT molecular complexity index is 945. The van der Waals surface area contributed by atoms with E-state index in [1.807, 2.05) is 24.4 Å². The van der Waals surface area contributed by atoms with Gasteiger partial charge in [0.15, 0.2) is 5.82 Å². The van der Waals surface area contributed by atoms with Gasteiger partial charge in [-0.15, -0.1) is 16.4 Å². The fourth-order valence-electron chi connectivity index (χ4n) is 2.51. The maximum atomic E-state index is 12.3. The molecule has 0 saturated heterocycles. The van der Waals surface area contributed by atoms with Gasteiger partial charge < -0.3 is 15.4 Å². The van der Waals surface area contributed by atoms with Crippen molar-refractivity contribution in [1.82, 2.24) is 19.7 Å². The summed E-state index contributed by atoms with van der Waals surface area (Å²) in [5.74, 6) is 1.37. The predicted molar refractivity (Wildman–Crippen MR) is 105 cm³/mol. The van der Waals surface area contributed by atoms with Gasteiger partial charge in [-0.1, -0.05) is 6.07 Å². The van der Waals surface area contributed by atoms with Crippen LogP contribution in [0.1, 0.15) is 6.92 Å². The van der Waals surface area contributed by atoms with Gasteiger partial charge in [-0.3, -0.25) is 4.57 Å². The van der Waals surface area contributed by atoms with E-state index in [4.69, 9.17) is 4.74 Å². The summed E-state index contributed by atoms with van der Waals surface area (Å²) in [5.41, 5.74) is 0.443. The molecule has 0 atom stereocenters. The molecule has 27 heavy (non-hydrogen) atoms. The van der Waals surface area contributed by atoms with E-state index in [0.29, 0.717) is 18.1 Å². The molecule has 0 aliphatic carbocycles. The highest BCUT2D eigenvalue weighted by molar-refractivity contribution is 7.13. The molecule has 8 nitrogen and oxygen atoms in total. The van der Waals surface area contributed by atoms with E-state index in [1.54, 1.807) is 31.3 Å².